The highest BCUT2D eigenvalue weighted by molar-refractivity contribution is 5.93. The molecule has 132 valence electrons. The number of ether oxygens (including phenoxy) is 1. The van der Waals surface area contributed by atoms with Crippen LogP contribution < -0.4 is 15.4 Å². The van der Waals surface area contributed by atoms with Crippen LogP contribution in [-0.2, 0) is 13.1 Å². The number of pyridine rings is 2. The Labute approximate surface area is 152 Å². The zero-order valence-corrected chi connectivity index (χ0v) is 14.5. The number of rotatable bonds is 7. The van der Waals surface area contributed by atoms with Crippen LogP contribution in [0.3, 0.4) is 0 Å². The van der Waals surface area contributed by atoms with Gasteiger partial charge in [-0.15, -0.1) is 0 Å². The number of hydrogen-bond acceptors (Lipinski definition) is 5. The molecular weight excluding hydrogens is 328 g/mol. The molecule has 0 fully saturated rings. The second-order valence-electron chi connectivity index (χ2n) is 5.64. The molecule has 6 nitrogen and oxygen atoms in total. The highest BCUT2D eigenvalue weighted by Gasteiger charge is 2.07. The monoisotopic (exact) mass is 348 g/mol. The number of nitrogens with zero attached hydrogens (tertiary/aromatic N) is 2. The fourth-order valence-corrected chi connectivity index (χ4v) is 2.45. The lowest BCUT2D eigenvalue weighted by Crippen LogP contribution is -2.23. The second-order valence-corrected chi connectivity index (χ2v) is 5.64. The summed E-state index contributed by atoms with van der Waals surface area (Å²) in [4.78, 5) is 20.5. The average Bonchev–Trinajstić information content (AvgIpc) is 2.72. The van der Waals surface area contributed by atoms with Gasteiger partial charge in [-0.05, 0) is 29.8 Å². The standard InChI is InChI=1S/C20H20N4O2/c1-26-18-7-3-2-6-16(18)13-22-19-9-8-17(14-23-19)20(25)24-12-15-5-4-10-21-11-15/h2-11,14H,12-13H2,1H3,(H,22,23)(H,24,25). The van der Waals surface area contributed by atoms with Crippen LogP contribution in [0.15, 0.2) is 67.1 Å². The molecular formula is C20H20N4O2. The van der Waals surface area contributed by atoms with E-state index in [0.717, 1.165) is 16.9 Å². The van der Waals surface area contributed by atoms with E-state index in [9.17, 15) is 4.79 Å². The molecule has 0 bridgehead atoms. The molecule has 0 radical (unpaired) electrons. The van der Waals surface area contributed by atoms with Crippen molar-refractivity contribution in [1.29, 1.82) is 0 Å². The molecule has 1 amide bonds. The van der Waals surface area contributed by atoms with Gasteiger partial charge in [-0.2, -0.15) is 0 Å². The molecule has 2 N–H and O–H groups in total. The number of nitrogens with one attached hydrogen (secondary N) is 2. The van der Waals surface area contributed by atoms with Gasteiger partial charge in [0.2, 0.25) is 0 Å². The minimum atomic E-state index is -0.169. The summed E-state index contributed by atoms with van der Waals surface area (Å²) < 4.78 is 5.33. The van der Waals surface area contributed by atoms with Crippen LogP contribution >= 0.6 is 0 Å². The Kier molecular flexibility index (Phi) is 5.77. The van der Waals surface area contributed by atoms with Crippen molar-refractivity contribution < 1.29 is 9.53 Å². The summed E-state index contributed by atoms with van der Waals surface area (Å²) in [5.74, 6) is 1.35. The maximum absolute atomic E-state index is 12.2. The van der Waals surface area contributed by atoms with Gasteiger partial charge in [-0.3, -0.25) is 9.78 Å². The van der Waals surface area contributed by atoms with Gasteiger partial charge in [-0.25, -0.2) is 4.98 Å². The van der Waals surface area contributed by atoms with Gasteiger partial charge in [-0.1, -0.05) is 24.3 Å². The van der Waals surface area contributed by atoms with Crippen molar-refractivity contribution in [3.63, 3.8) is 0 Å². The number of carbonyl (C=O) groups excluding carboxylic acids is 1. The largest absolute Gasteiger partial charge is 0.496 e. The van der Waals surface area contributed by atoms with Crippen molar-refractivity contribution in [2.45, 2.75) is 13.1 Å². The van der Waals surface area contributed by atoms with E-state index in [1.54, 1.807) is 37.8 Å². The molecule has 2 aromatic heterocycles. The third-order valence-corrected chi connectivity index (χ3v) is 3.85. The van der Waals surface area contributed by atoms with E-state index in [2.05, 4.69) is 20.6 Å². The predicted molar refractivity (Wildman–Crippen MR) is 100.0 cm³/mol. The van der Waals surface area contributed by atoms with Crippen molar-refractivity contribution in [3.05, 3.63) is 83.8 Å². The van der Waals surface area contributed by atoms with E-state index in [1.807, 2.05) is 36.4 Å². The number of hydrogen-bond donors (Lipinski definition) is 2. The van der Waals surface area contributed by atoms with E-state index < -0.39 is 0 Å². The topological polar surface area (TPSA) is 76.1 Å². The summed E-state index contributed by atoms with van der Waals surface area (Å²) in [6.07, 6.45) is 4.98. The molecule has 0 atom stereocenters. The Morgan fingerprint density at radius 2 is 1.92 bits per heavy atom. The van der Waals surface area contributed by atoms with Crippen molar-refractivity contribution >= 4 is 11.7 Å². The third-order valence-electron chi connectivity index (χ3n) is 3.85. The van der Waals surface area contributed by atoms with E-state index in [1.165, 1.54) is 0 Å². The highest BCUT2D eigenvalue weighted by Crippen LogP contribution is 2.18. The smallest absolute Gasteiger partial charge is 0.253 e. The van der Waals surface area contributed by atoms with Gasteiger partial charge in [0.1, 0.15) is 11.6 Å². The van der Waals surface area contributed by atoms with Gasteiger partial charge >= 0.3 is 0 Å². The fraction of sp³-hybridized carbons (Fsp3) is 0.150. The molecule has 1 aromatic carbocycles. The van der Waals surface area contributed by atoms with Crippen LogP contribution in [-0.4, -0.2) is 23.0 Å². The molecule has 6 heteroatoms. The van der Waals surface area contributed by atoms with E-state index in [4.69, 9.17) is 4.74 Å². The second kappa shape index (κ2) is 8.62. The Balaban J connectivity index is 1.55. The predicted octanol–water partition coefficient (Wildman–Crippen LogP) is 3.03. The quantitative estimate of drug-likeness (QED) is 0.686. The first-order chi connectivity index (χ1) is 12.8. The Morgan fingerprint density at radius 3 is 2.65 bits per heavy atom. The lowest BCUT2D eigenvalue weighted by Gasteiger charge is -2.10. The lowest BCUT2D eigenvalue weighted by atomic mass is 10.2. The molecule has 0 saturated heterocycles. The van der Waals surface area contributed by atoms with E-state index >= 15 is 0 Å². The van der Waals surface area contributed by atoms with Crippen LogP contribution in [0.25, 0.3) is 0 Å². The first-order valence-electron chi connectivity index (χ1n) is 8.25. The molecule has 0 unspecified atom stereocenters. The van der Waals surface area contributed by atoms with Gasteiger partial charge < -0.3 is 15.4 Å². The Bertz CT molecular complexity index is 851. The van der Waals surface area contributed by atoms with Gasteiger partial charge in [0.15, 0.2) is 0 Å². The minimum Gasteiger partial charge on any atom is -0.496 e. The third kappa shape index (κ3) is 4.57. The summed E-state index contributed by atoms with van der Waals surface area (Å²) in [6.45, 7) is 1.02. The number of carbonyl (C=O) groups is 1. The molecule has 3 rings (SSSR count). The maximum atomic E-state index is 12.2. The van der Waals surface area contributed by atoms with E-state index in [0.29, 0.717) is 24.5 Å². The SMILES string of the molecule is COc1ccccc1CNc1ccc(C(=O)NCc2cccnc2)cn1. The van der Waals surface area contributed by atoms with Crippen molar-refractivity contribution in [3.8, 4) is 5.75 Å². The molecule has 0 aliphatic heterocycles. The van der Waals surface area contributed by atoms with Crippen LogP contribution in [0, 0.1) is 0 Å². The zero-order chi connectivity index (χ0) is 18.2. The van der Waals surface area contributed by atoms with Crippen molar-refractivity contribution in [2.75, 3.05) is 12.4 Å². The molecule has 0 aliphatic rings. The number of para-hydroxylation sites is 1. The molecule has 26 heavy (non-hydrogen) atoms. The first-order valence-corrected chi connectivity index (χ1v) is 8.25. The summed E-state index contributed by atoms with van der Waals surface area (Å²) >= 11 is 0. The molecule has 2 heterocycles. The Hall–Kier alpha value is -3.41. The van der Waals surface area contributed by atoms with Crippen molar-refractivity contribution in [1.82, 2.24) is 15.3 Å². The number of methoxy groups -OCH3 is 1. The molecule has 0 aliphatic carbocycles. The highest BCUT2D eigenvalue weighted by atomic mass is 16.5. The number of benzene rings is 1. The maximum Gasteiger partial charge on any atom is 0.253 e. The summed E-state index contributed by atoms with van der Waals surface area (Å²) in [7, 11) is 1.65. The lowest BCUT2D eigenvalue weighted by molar-refractivity contribution is 0.0950. The first kappa shape index (κ1) is 17.4. The number of aromatic nitrogens is 2. The van der Waals surface area contributed by atoms with Gasteiger partial charge in [0.05, 0.1) is 12.7 Å². The molecule has 3 aromatic rings. The molecule has 0 spiro atoms. The number of anilines is 1. The van der Waals surface area contributed by atoms with Gasteiger partial charge in [0.25, 0.3) is 5.91 Å². The summed E-state index contributed by atoms with van der Waals surface area (Å²) in [6, 6.07) is 15.1. The van der Waals surface area contributed by atoms with Gasteiger partial charge in [0, 0.05) is 37.2 Å². The summed E-state index contributed by atoms with van der Waals surface area (Å²) in [5, 5.41) is 6.08. The number of amides is 1. The molecule has 0 saturated carbocycles. The fourth-order valence-electron chi connectivity index (χ4n) is 2.45. The normalized spacial score (nSPS) is 10.2. The van der Waals surface area contributed by atoms with Crippen LogP contribution in [0.1, 0.15) is 21.5 Å². The van der Waals surface area contributed by atoms with E-state index in [-0.39, 0.29) is 5.91 Å². The summed E-state index contributed by atoms with van der Waals surface area (Å²) in [5.41, 5.74) is 2.50. The van der Waals surface area contributed by atoms with Crippen LogP contribution in [0.2, 0.25) is 0 Å². The zero-order valence-electron chi connectivity index (χ0n) is 14.5. The average molecular weight is 348 g/mol. The Morgan fingerprint density at radius 1 is 1.04 bits per heavy atom. The van der Waals surface area contributed by atoms with Crippen LogP contribution in [0.4, 0.5) is 5.82 Å². The minimum absolute atomic E-state index is 0.169. The van der Waals surface area contributed by atoms with Crippen LogP contribution in [0.5, 0.6) is 5.75 Å². The van der Waals surface area contributed by atoms with Crippen molar-refractivity contribution in [2.24, 2.45) is 0 Å².